The van der Waals surface area contributed by atoms with Crippen LogP contribution in [0.5, 0.6) is 0 Å². The Bertz CT molecular complexity index is 789. The predicted molar refractivity (Wildman–Crippen MR) is 110 cm³/mol. The van der Waals surface area contributed by atoms with Gasteiger partial charge in [-0.05, 0) is 69.8 Å². The first-order valence-corrected chi connectivity index (χ1v) is 10.3. The number of hydrogen-bond donors (Lipinski definition) is 0. The molecule has 1 aromatic rings. The second kappa shape index (κ2) is 9.11. The molecule has 3 rings (SSSR count). The average Bonchev–Trinajstić information content (AvgIpc) is 2.69. The number of anilines is 2. The Labute approximate surface area is 179 Å². The van der Waals surface area contributed by atoms with Gasteiger partial charge >= 0.3 is 12.1 Å². The first-order valence-electron chi connectivity index (χ1n) is 9.94. The third-order valence-corrected chi connectivity index (χ3v) is 6.04. The smallest absolute Gasteiger partial charge is 0.369 e. The molecule has 0 N–H and O–H groups in total. The quantitative estimate of drug-likeness (QED) is 0.666. The SMILES string of the molecule is CN1CCC(N(C(=O)C(F)(F)F)c2cc(N3CCN(C)CC3)ccc2C(=O)Cl)CC1. The van der Waals surface area contributed by atoms with Gasteiger partial charge in [-0.25, -0.2) is 0 Å². The molecule has 0 radical (unpaired) electrons. The first-order chi connectivity index (χ1) is 14.1. The molecule has 0 aliphatic carbocycles. The Hall–Kier alpha value is -1.84. The van der Waals surface area contributed by atoms with Crippen LogP contribution in [-0.2, 0) is 4.79 Å². The Kier molecular flexibility index (Phi) is 6.94. The van der Waals surface area contributed by atoms with E-state index in [1.165, 1.54) is 12.1 Å². The number of likely N-dealkylation sites (N-methyl/N-ethyl adjacent to an activating group) is 1. The van der Waals surface area contributed by atoms with Crippen LogP contribution < -0.4 is 9.80 Å². The van der Waals surface area contributed by atoms with Gasteiger partial charge in [-0.15, -0.1) is 0 Å². The number of piperazine rings is 1. The van der Waals surface area contributed by atoms with E-state index >= 15 is 0 Å². The fraction of sp³-hybridized carbons (Fsp3) is 0.600. The van der Waals surface area contributed by atoms with Crippen LogP contribution >= 0.6 is 11.6 Å². The lowest BCUT2D eigenvalue weighted by Crippen LogP contribution is -2.51. The molecule has 0 saturated carbocycles. The van der Waals surface area contributed by atoms with E-state index in [2.05, 4.69) is 4.90 Å². The van der Waals surface area contributed by atoms with Crippen molar-refractivity contribution in [2.75, 3.05) is 63.2 Å². The molecule has 6 nitrogen and oxygen atoms in total. The lowest BCUT2D eigenvalue weighted by molar-refractivity contribution is -0.171. The summed E-state index contributed by atoms with van der Waals surface area (Å²) in [4.78, 5) is 31.4. The number of alkyl halides is 3. The van der Waals surface area contributed by atoms with Crippen LogP contribution in [0.25, 0.3) is 0 Å². The number of carbonyl (C=O) groups excluding carboxylic acids is 2. The summed E-state index contributed by atoms with van der Waals surface area (Å²) in [5.41, 5.74) is 0.516. The van der Waals surface area contributed by atoms with Crippen LogP contribution in [0.4, 0.5) is 24.5 Å². The van der Waals surface area contributed by atoms with Crippen molar-refractivity contribution in [2.45, 2.75) is 25.1 Å². The Morgan fingerprint density at radius 1 is 1.00 bits per heavy atom. The number of amides is 1. The van der Waals surface area contributed by atoms with Gasteiger partial charge in [-0.3, -0.25) is 9.59 Å². The van der Waals surface area contributed by atoms with Crippen molar-refractivity contribution in [3.63, 3.8) is 0 Å². The van der Waals surface area contributed by atoms with Crippen LogP contribution in [0.1, 0.15) is 23.2 Å². The van der Waals surface area contributed by atoms with Crippen molar-refractivity contribution < 1.29 is 22.8 Å². The lowest BCUT2D eigenvalue weighted by Gasteiger charge is -2.39. The zero-order valence-electron chi connectivity index (χ0n) is 17.1. The number of halogens is 4. The highest BCUT2D eigenvalue weighted by Crippen LogP contribution is 2.35. The number of hydrogen-bond acceptors (Lipinski definition) is 5. The fourth-order valence-electron chi connectivity index (χ4n) is 4.01. The van der Waals surface area contributed by atoms with Crippen LogP contribution in [0.2, 0.25) is 0 Å². The second-order valence-electron chi connectivity index (χ2n) is 7.97. The van der Waals surface area contributed by atoms with Crippen molar-refractivity contribution in [1.82, 2.24) is 9.80 Å². The summed E-state index contributed by atoms with van der Waals surface area (Å²) in [5, 5.41) is -0.886. The molecule has 2 heterocycles. The molecule has 2 fully saturated rings. The topological polar surface area (TPSA) is 47.1 Å². The summed E-state index contributed by atoms with van der Waals surface area (Å²) in [6.45, 7) is 4.15. The summed E-state index contributed by atoms with van der Waals surface area (Å²) in [6, 6.07) is 3.94. The van der Waals surface area contributed by atoms with Crippen LogP contribution in [0, 0.1) is 0 Å². The number of piperidine rings is 1. The molecule has 2 aliphatic rings. The number of likely N-dealkylation sites (tertiary alicyclic amines) is 1. The van der Waals surface area contributed by atoms with E-state index in [1.807, 2.05) is 23.9 Å². The average molecular weight is 447 g/mol. The van der Waals surface area contributed by atoms with Gasteiger partial charge in [-0.2, -0.15) is 13.2 Å². The standard InChI is InChI=1S/C20H26ClF3N4O2/c1-25-7-5-14(6-8-25)28(19(30)20(22,23)24)17-13-15(3-4-16(17)18(21)29)27-11-9-26(2)10-12-27/h3-4,13-14H,5-12H2,1-2H3. The molecule has 0 aromatic heterocycles. The van der Waals surface area contributed by atoms with Crippen LogP contribution in [-0.4, -0.2) is 86.5 Å². The molecule has 2 aliphatic heterocycles. The Balaban J connectivity index is 2.04. The van der Waals surface area contributed by atoms with Gasteiger partial charge in [0.25, 0.3) is 5.24 Å². The van der Waals surface area contributed by atoms with Crippen molar-refractivity contribution in [3.05, 3.63) is 23.8 Å². The highest BCUT2D eigenvalue weighted by atomic mass is 35.5. The first kappa shape index (κ1) is 22.8. The van der Waals surface area contributed by atoms with Crippen molar-refractivity contribution >= 4 is 34.1 Å². The molecule has 10 heteroatoms. The molecule has 2 saturated heterocycles. The molecule has 30 heavy (non-hydrogen) atoms. The number of rotatable bonds is 4. The van der Waals surface area contributed by atoms with E-state index in [4.69, 9.17) is 11.6 Å². The molecule has 1 amide bonds. The van der Waals surface area contributed by atoms with E-state index in [0.29, 0.717) is 44.7 Å². The van der Waals surface area contributed by atoms with Crippen molar-refractivity contribution in [2.24, 2.45) is 0 Å². The minimum absolute atomic E-state index is 0.0664. The molecular formula is C20H26ClF3N4O2. The number of benzene rings is 1. The number of carbonyl (C=O) groups is 2. The summed E-state index contributed by atoms with van der Waals surface area (Å²) >= 11 is 5.70. The van der Waals surface area contributed by atoms with Gasteiger partial charge in [-0.1, -0.05) is 0 Å². The van der Waals surface area contributed by atoms with E-state index in [0.717, 1.165) is 18.0 Å². The summed E-state index contributed by atoms with van der Waals surface area (Å²) < 4.78 is 40.5. The van der Waals surface area contributed by atoms with Crippen molar-refractivity contribution in [3.8, 4) is 0 Å². The highest BCUT2D eigenvalue weighted by molar-refractivity contribution is 6.68. The maximum atomic E-state index is 13.5. The van der Waals surface area contributed by atoms with Crippen LogP contribution in [0.15, 0.2) is 18.2 Å². The lowest BCUT2D eigenvalue weighted by atomic mass is 10.0. The largest absolute Gasteiger partial charge is 0.471 e. The van der Waals surface area contributed by atoms with Gasteiger partial charge in [0, 0.05) is 37.9 Å². The zero-order chi connectivity index (χ0) is 22.1. The molecular weight excluding hydrogens is 421 g/mol. The third-order valence-electron chi connectivity index (χ3n) is 5.84. The summed E-state index contributed by atoms with van der Waals surface area (Å²) in [7, 11) is 3.88. The van der Waals surface area contributed by atoms with Gasteiger partial charge in [0.1, 0.15) is 0 Å². The van der Waals surface area contributed by atoms with E-state index in [1.54, 1.807) is 6.07 Å². The predicted octanol–water partition coefficient (Wildman–Crippen LogP) is 2.81. The minimum atomic E-state index is -5.06. The third kappa shape index (κ3) is 5.07. The van der Waals surface area contributed by atoms with Crippen LogP contribution in [0.3, 0.4) is 0 Å². The Morgan fingerprint density at radius 2 is 1.57 bits per heavy atom. The van der Waals surface area contributed by atoms with E-state index < -0.39 is 23.4 Å². The van der Waals surface area contributed by atoms with E-state index in [-0.39, 0.29) is 11.3 Å². The molecule has 0 atom stereocenters. The molecule has 1 aromatic carbocycles. The molecule has 0 bridgehead atoms. The second-order valence-corrected chi connectivity index (χ2v) is 8.32. The summed E-state index contributed by atoms with van der Waals surface area (Å²) in [6.07, 6.45) is -4.29. The normalized spacial score (nSPS) is 19.7. The zero-order valence-corrected chi connectivity index (χ0v) is 17.8. The molecule has 166 valence electrons. The monoisotopic (exact) mass is 446 g/mol. The fourth-order valence-corrected chi connectivity index (χ4v) is 4.17. The van der Waals surface area contributed by atoms with E-state index in [9.17, 15) is 22.8 Å². The van der Waals surface area contributed by atoms with Gasteiger partial charge in [0.15, 0.2) is 0 Å². The maximum Gasteiger partial charge on any atom is 0.471 e. The van der Waals surface area contributed by atoms with Gasteiger partial charge < -0.3 is 19.6 Å². The molecule has 0 spiro atoms. The van der Waals surface area contributed by atoms with Gasteiger partial charge in [0.2, 0.25) is 0 Å². The maximum absolute atomic E-state index is 13.5. The van der Waals surface area contributed by atoms with Crippen molar-refractivity contribution in [1.29, 1.82) is 0 Å². The molecule has 0 unspecified atom stereocenters. The Morgan fingerprint density at radius 3 is 2.10 bits per heavy atom. The number of nitrogens with zero attached hydrogens (tertiary/aromatic N) is 4. The van der Waals surface area contributed by atoms with Gasteiger partial charge in [0.05, 0.1) is 11.3 Å². The summed E-state index contributed by atoms with van der Waals surface area (Å²) in [5.74, 6) is -1.97. The minimum Gasteiger partial charge on any atom is -0.369 e. The highest BCUT2D eigenvalue weighted by Gasteiger charge is 2.46.